The largest absolute Gasteiger partial charge is 0.508 e. The van der Waals surface area contributed by atoms with Gasteiger partial charge in [-0.15, -0.1) is 0 Å². The predicted octanol–water partition coefficient (Wildman–Crippen LogP) is 2.18. The van der Waals surface area contributed by atoms with E-state index in [1.807, 2.05) is 20.8 Å². The van der Waals surface area contributed by atoms with Crippen LogP contribution < -0.4 is 10.6 Å². The number of aliphatic hydroxyl groups excluding tert-OH is 4. The molecule has 1 saturated heterocycles. The van der Waals surface area contributed by atoms with Gasteiger partial charge < -0.3 is 83.2 Å². The van der Waals surface area contributed by atoms with Crippen LogP contribution in [0.5, 0.6) is 0 Å². The van der Waals surface area contributed by atoms with Crippen molar-refractivity contribution < 1.29 is 96.5 Å². The van der Waals surface area contributed by atoms with E-state index in [1.54, 1.807) is 34.6 Å². The van der Waals surface area contributed by atoms with Crippen molar-refractivity contribution in [3.63, 3.8) is 0 Å². The zero-order valence-corrected chi connectivity index (χ0v) is 39.6. The predicted molar refractivity (Wildman–Crippen MR) is 233 cm³/mol. The van der Waals surface area contributed by atoms with E-state index < -0.39 is 42.8 Å². The number of nitrogens with one attached hydrogen (secondary N) is 2. The number of rotatable bonds is 30. The molecule has 0 saturated carbocycles. The standard InChI is InChI=1S/C15H29NO8.C9H18O4.C8H17NO4.C4H6O3.C4H10OS/c1-12(18)11-23-14(19)4-3-6-21-8-9-22-7-5-16-15(20)24-13(2)10-17;1-3-12-6-4-5-9(11)13-7-8(2)10;1-3-12-5-4-9-8(11)13-7(2)6-10;1-3-2-6-4(5)7-3;1-2-5-3-4-6/h12-13,17-18H,3-11H2,1-2H3,(H,16,20);8,10H,3-7H2,1-2H3;7,10H,3-6H2,1-2H3,(H,9,11);3H,2H2,1H3;6H,2-4H2,1H3. The Morgan fingerprint density at radius 3 is 1.40 bits per heavy atom. The zero-order chi connectivity index (χ0) is 48.5. The number of carbonyl (C=O) groups is 5. The highest BCUT2D eigenvalue weighted by atomic mass is 32.1. The highest BCUT2D eigenvalue weighted by Crippen LogP contribution is 2.03. The SMILES string of the molecule is CC(O)COC(=O)CCCOCCOCCNC(=O)OC(C)CO.CC1COC(=O)O1.CCOCCCC(=O)OCC(C)O.CCOCCNC(=O)OC(C)CO.CCOCCS. The average molecular weight is 941 g/mol. The molecule has 5 unspecified atom stereocenters. The van der Waals surface area contributed by atoms with Gasteiger partial charge in [-0.05, 0) is 68.2 Å². The van der Waals surface area contributed by atoms with Gasteiger partial charge in [0.1, 0.15) is 38.1 Å². The van der Waals surface area contributed by atoms with Crippen molar-refractivity contribution in [1.29, 1.82) is 0 Å². The number of hydrogen-bond donors (Lipinski definition) is 7. The fourth-order valence-corrected chi connectivity index (χ4v) is 3.55. The Morgan fingerprint density at radius 2 is 1.06 bits per heavy atom. The van der Waals surface area contributed by atoms with E-state index in [0.29, 0.717) is 91.8 Å². The summed E-state index contributed by atoms with van der Waals surface area (Å²) >= 11 is 3.93. The minimum atomic E-state index is -0.656. The summed E-state index contributed by atoms with van der Waals surface area (Å²) in [5, 5.41) is 40.0. The van der Waals surface area contributed by atoms with Crippen molar-refractivity contribution in [1.82, 2.24) is 10.6 Å². The number of amides is 2. The first-order valence-corrected chi connectivity index (χ1v) is 21.8. The molecule has 0 aromatic carbocycles. The van der Waals surface area contributed by atoms with E-state index in [4.69, 9.17) is 63.1 Å². The van der Waals surface area contributed by atoms with E-state index in [0.717, 1.165) is 19.0 Å². The summed E-state index contributed by atoms with van der Waals surface area (Å²) in [5.41, 5.74) is 0. The third kappa shape index (κ3) is 60.9. The van der Waals surface area contributed by atoms with E-state index in [1.165, 1.54) is 0 Å². The van der Waals surface area contributed by atoms with Crippen molar-refractivity contribution in [2.45, 2.75) is 112 Å². The maximum atomic E-state index is 11.2. The summed E-state index contributed by atoms with van der Waals surface area (Å²) in [5.74, 6) is 0.193. The molecule has 0 radical (unpaired) electrons. The van der Waals surface area contributed by atoms with Gasteiger partial charge in [-0.2, -0.15) is 12.6 Å². The van der Waals surface area contributed by atoms with Crippen LogP contribution in [0.3, 0.4) is 0 Å². The summed E-state index contributed by atoms with van der Waals surface area (Å²) in [7, 11) is 0. The molecule has 1 heterocycles. The quantitative estimate of drug-likeness (QED) is 0.0235. The Bertz CT molecular complexity index is 1060. The van der Waals surface area contributed by atoms with Crippen molar-refractivity contribution in [3.05, 3.63) is 0 Å². The molecule has 0 bridgehead atoms. The van der Waals surface area contributed by atoms with Crippen LogP contribution in [0.25, 0.3) is 0 Å². The van der Waals surface area contributed by atoms with E-state index in [-0.39, 0.29) is 50.9 Å². The maximum absolute atomic E-state index is 11.2. The van der Waals surface area contributed by atoms with Crippen LogP contribution in [0.2, 0.25) is 0 Å². The average Bonchev–Trinajstić information content (AvgIpc) is 3.64. The molecule has 1 aliphatic rings. The summed E-state index contributed by atoms with van der Waals surface area (Å²) in [6.45, 7) is 20.1. The van der Waals surface area contributed by atoms with E-state index in [9.17, 15) is 24.0 Å². The number of thiol groups is 1. The molecule has 0 aromatic rings. The maximum Gasteiger partial charge on any atom is 0.508 e. The lowest BCUT2D eigenvalue weighted by atomic mass is 10.3. The third-order valence-electron chi connectivity index (χ3n) is 6.43. The van der Waals surface area contributed by atoms with E-state index in [2.05, 4.69) is 32.7 Å². The van der Waals surface area contributed by atoms with Crippen molar-refractivity contribution in [2.75, 3.05) is 118 Å². The van der Waals surface area contributed by atoms with Gasteiger partial charge in [-0.25, -0.2) is 14.4 Å². The second-order valence-electron chi connectivity index (χ2n) is 13.0. The molecule has 0 aromatic heterocycles. The Hall–Kier alpha value is -3.26. The van der Waals surface area contributed by atoms with Crippen LogP contribution >= 0.6 is 12.6 Å². The molecule has 0 aliphatic carbocycles. The lowest BCUT2D eigenvalue weighted by molar-refractivity contribution is -0.147. The van der Waals surface area contributed by atoms with Crippen LogP contribution in [0.15, 0.2) is 0 Å². The van der Waals surface area contributed by atoms with Crippen LogP contribution in [-0.4, -0.2) is 199 Å². The first kappa shape index (κ1) is 66.3. The van der Waals surface area contributed by atoms with Crippen molar-refractivity contribution in [2.24, 2.45) is 0 Å². The molecule has 1 rings (SSSR count). The van der Waals surface area contributed by atoms with Crippen LogP contribution in [-0.2, 0) is 61.7 Å². The van der Waals surface area contributed by atoms with Crippen molar-refractivity contribution >= 4 is 42.9 Å². The first-order valence-electron chi connectivity index (χ1n) is 21.1. The van der Waals surface area contributed by atoms with Gasteiger partial charge in [-0.3, -0.25) is 9.59 Å². The van der Waals surface area contributed by atoms with Gasteiger partial charge in [0.2, 0.25) is 0 Å². The van der Waals surface area contributed by atoms with Crippen LogP contribution in [0.1, 0.15) is 81.1 Å². The van der Waals surface area contributed by atoms with Crippen molar-refractivity contribution in [3.8, 4) is 0 Å². The Morgan fingerprint density at radius 1 is 0.667 bits per heavy atom. The molecule has 23 heteroatoms. The van der Waals surface area contributed by atoms with Crippen LogP contribution in [0, 0.1) is 0 Å². The number of hydrogen-bond acceptors (Lipinski definition) is 21. The highest BCUT2D eigenvalue weighted by molar-refractivity contribution is 7.80. The number of ether oxygens (including phenoxy) is 11. The Balaban J connectivity index is -0.000000378. The number of carbonyl (C=O) groups excluding carboxylic acids is 5. The third-order valence-corrected chi connectivity index (χ3v) is 6.61. The normalized spacial score (nSPS) is 14.2. The number of cyclic esters (lactones) is 2. The molecule has 1 fully saturated rings. The minimum absolute atomic E-state index is 0.00796. The smallest absolute Gasteiger partial charge is 0.463 e. The number of esters is 2. The molecule has 0 spiro atoms. The highest BCUT2D eigenvalue weighted by Gasteiger charge is 2.19. The fraction of sp³-hybridized carbons (Fsp3) is 0.875. The molecule has 1 aliphatic heterocycles. The van der Waals surface area contributed by atoms with Gasteiger partial charge in [-0.1, -0.05) is 0 Å². The molecular formula is C40H80N2O20S. The molecule has 2 amide bonds. The lowest BCUT2D eigenvalue weighted by Gasteiger charge is -2.11. The number of aliphatic hydroxyl groups is 4. The molecule has 376 valence electrons. The number of alkyl carbamates (subject to hydrolysis) is 2. The Kier molecular flexibility index (Phi) is 54.1. The second kappa shape index (κ2) is 51.4. The van der Waals surface area contributed by atoms with Gasteiger partial charge in [0.05, 0.1) is 58.5 Å². The molecule has 5 atom stereocenters. The van der Waals surface area contributed by atoms with Gasteiger partial charge in [0, 0.05) is 64.7 Å². The monoisotopic (exact) mass is 941 g/mol. The second-order valence-corrected chi connectivity index (χ2v) is 13.4. The summed E-state index contributed by atoms with van der Waals surface area (Å²) < 4.78 is 53.4. The van der Waals surface area contributed by atoms with E-state index >= 15 is 0 Å². The Labute approximate surface area is 378 Å². The summed E-state index contributed by atoms with van der Waals surface area (Å²) in [6.07, 6.45) is -2.16. The fourth-order valence-electron chi connectivity index (χ4n) is 3.42. The van der Waals surface area contributed by atoms with Crippen LogP contribution in [0.4, 0.5) is 14.4 Å². The van der Waals surface area contributed by atoms with Gasteiger partial charge in [0.15, 0.2) is 0 Å². The molecule has 22 nitrogen and oxygen atoms in total. The zero-order valence-electron chi connectivity index (χ0n) is 38.7. The summed E-state index contributed by atoms with van der Waals surface area (Å²) in [6, 6.07) is 0. The minimum Gasteiger partial charge on any atom is -0.463 e. The van der Waals surface area contributed by atoms with Gasteiger partial charge in [0.25, 0.3) is 0 Å². The summed E-state index contributed by atoms with van der Waals surface area (Å²) in [4.78, 5) is 54.2. The molecule has 63 heavy (non-hydrogen) atoms. The first-order chi connectivity index (χ1) is 30.0. The molecular weight excluding hydrogens is 861 g/mol. The van der Waals surface area contributed by atoms with Gasteiger partial charge >= 0.3 is 30.3 Å². The topological polar surface area (TPSA) is 292 Å². The molecule has 6 N–H and O–H groups in total. The lowest BCUT2D eigenvalue weighted by Crippen LogP contribution is -2.31.